The molecule has 0 bridgehead atoms. The SMILES string of the molecule is CCOC(=O)NCC1(C(=O)CBr)CCCC1. The molecule has 0 aromatic heterocycles. The van der Waals surface area contributed by atoms with Crippen LogP contribution in [0.15, 0.2) is 0 Å². The molecule has 0 aromatic carbocycles. The number of Topliss-reactive ketones (excluding diaryl/α,β-unsaturated/α-hetero) is 1. The highest BCUT2D eigenvalue weighted by atomic mass is 79.9. The van der Waals surface area contributed by atoms with E-state index in [4.69, 9.17) is 4.74 Å². The lowest BCUT2D eigenvalue weighted by Crippen LogP contribution is -2.42. The van der Waals surface area contributed by atoms with Crippen molar-refractivity contribution in [3.05, 3.63) is 0 Å². The Morgan fingerprint density at radius 1 is 1.38 bits per heavy atom. The first-order chi connectivity index (χ1) is 7.64. The van der Waals surface area contributed by atoms with Crippen LogP contribution in [0, 0.1) is 5.41 Å². The Labute approximate surface area is 104 Å². The predicted octanol–water partition coefficient (Wildman–Crippen LogP) is 2.26. The second kappa shape index (κ2) is 6.23. The Bertz CT molecular complexity index is 262. The van der Waals surface area contributed by atoms with Gasteiger partial charge in [-0.05, 0) is 19.8 Å². The van der Waals surface area contributed by atoms with Crippen molar-refractivity contribution in [2.45, 2.75) is 32.6 Å². The van der Waals surface area contributed by atoms with E-state index in [1.165, 1.54) is 0 Å². The number of ketones is 1. The first kappa shape index (κ1) is 13.5. The Balaban J connectivity index is 2.52. The zero-order valence-electron chi connectivity index (χ0n) is 9.55. The third-order valence-electron chi connectivity index (χ3n) is 3.12. The van der Waals surface area contributed by atoms with E-state index in [2.05, 4.69) is 21.2 Å². The smallest absolute Gasteiger partial charge is 0.407 e. The average molecular weight is 292 g/mol. The van der Waals surface area contributed by atoms with Gasteiger partial charge in [0.05, 0.1) is 11.9 Å². The largest absolute Gasteiger partial charge is 0.450 e. The van der Waals surface area contributed by atoms with Crippen LogP contribution in [-0.2, 0) is 9.53 Å². The number of hydrogen-bond donors (Lipinski definition) is 1. The van der Waals surface area contributed by atoms with E-state index in [1.54, 1.807) is 6.92 Å². The van der Waals surface area contributed by atoms with E-state index in [9.17, 15) is 9.59 Å². The minimum absolute atomic E-state index is 0.182. The molecule has 0 saturated heterocycles. The van der Waals surface area contributed by atoms with Gasteiger partial charge in [-0.1, -0.05) is 28.8 Å². The van der Waals surface area contributed by atoms with Crippen LogP contribution >= 0.6 is 15.9 Å². The molecule has 16 heavy (non-hydrogen) atoms. The molecule has 5 heteroatoms. The van der Waals surface area contributed by atoms with Crippen LogP contribution in [0.1, 0.15) is 32.6 Å². The van der Waals surface area contributed by atoms with Gasteiger partial charge in [-0.25, -0.2) is 4.79 Å². The highest BCUT2D eigenvalue weighted by molar-refractivity contribution is 9.09. The lowest BCUT2D eigenvalue weighted by Gasteiger charge is -2.26. The molecule has 0 atom stereocenters. The fraction of sp³-hybridized carbons (Fsp3) is 0.818. The molecule has 1 rings (SSSR count). The van der Waals surface area contributed by atoms with Gasteiger partial charge in [0.1, 0.15) is 0 Å². The van der Waals surface area contributed by atoms with E-state index >= 15 is 0 Å². The predicted molar refractivity (Wildman–Crippen MR) is 64.7 cm³/mol. The molecule has 92 valence electrons. The van der Waals surface area contributed by atoms with Gasteiger partial charge in [0.2, 0.25) is 0 Å². The molecule has 0 aliphatic heterocycles. The highest BCUT2D eigenvalue weighted by Gasteiger charge is 2.40. The number of rotatable bonds is 5. The lowest BCUT2D eigenvalue weighted by atomic mass is 9.82. The van der Waals surface area contributed by atoms with Crippen molar-refractivity contribution < 1.29 is 14.3 Å². The summed E-state index contributed by atoms with van der Waals surface area (Å²) in [5.41, 5.74) is -0.365. The zero-order valence-corrected chi connectivity index (χ0v) is 11.1. The van der Waals surface area contributed by atoms with Crippen molar-refractivity contribution in [2.75, 3.05) is 18.5 Å². The molecule has 0 heterocycles. The molecule has 0 aromatic rings. The summed E-state index contributed by atoms with van der Waals surface area (Å²) >= 11 is 3.20. The maximum absolute atomic E-state index is 11.9. The normalized spacial score (nSPS) is 18.1. The number of amides is 1. The second-order valence-electron chi connectivity index (χ2n) is 4.12. The number of hydrogen-bond acceptors (Lipinski definition) is 3. The van der Waals surface area contributed by atoms with Gasteiger partial charge >= 0.3 is 6.09 Å². The third kappa shape index (κ3) is 3.20. The number of alkyl carbamates (subject to hydrolysis) is 1. The fourth-order valence-corrected chi connectivity index (χ4v) is 2.77. The van der Waals surface area contributed by atoms with Gasteiger partial charge in [0.15, 0.2) is 5.78 Å². The molecule has 0 unspecified atom stereocenters. The molecule has 1 saturated carbocycles. The minimum Gasteiger partial charge on any atom is -0.450 e. The maximum Gasteiger partial charge on any atom is 0.407 e. The number of carbonyl (C=O) groups is 2. The number of alkyl halides is 1. The van der Waals surface area contributed by atoms with Crippen molar-refractivity contribution >= 4 is 27.8 Å². The van der Waals surface area contributed by atoms with Crippen molar-refractivity contribution in [3.63, 3.8) is 0 Å². The molecular formula is C11H18BrNO3. The van der Waals surface area contributed by atoms with E-state index in [1.807, 2.05) is 0 Å². The third-order valence-corrected chi connectivity index (χ3v) is 3.63. The first-order valence-electron chi connectivity index (χ1n) is 5.64. The van der Waals surface area contributed by atoms with Crippen LogP contribution in [0.4, 0.5) is 4.79 Å². The lowest BCUT2D eigenvalue weighted by molar-refractivity contribution is -0.125. The van der Waals surface area contributed by atoms with E-state index < -0.39 is 6.09 Å². The molecule has 1 amide bonds. The summed E-state index contributed by atoms with van der Waals surface area (Å²) < 4.78 is 4.79. The van der Waals surface area contributed by atoms with Crippen LogP contribution in [0.2, 0.25) is 0 Å². The number of halogens is 1. The summed E-state index contributed by atoms with van der Waals surface area (Å²) in [5, 5.41) is 3.04. The highest BCUT2D eigenvalue weighted by Crippen LogP contribution is 2.38. The molecule has 1 aliphatic rings. The summed E-state index contributed by atoms with van der Waals surface area (Å²) in [6, 6.07) is 0. The molecular weight excluding hydrogens is 274 g/mol. The standard InChI is InChI=1S/C11H18BrNO3/c1-2-16-10(15)13-8-11(9(14)7-12)5-3-4-6-11/h2-8H2,1H3,(H,13,15). The second-order valence-corrected chi connectivity index (χ2v) is 4.68. The zero-order chi connectivity index (χ0) is 12.0. The van der Waals surface area contributed by atoms with Gasteiger partial charge in [0.25, 0.3) is 0 Å². The van der Waals surface area contributed by atoms with Gasteiger partial charge in [-0.2, -0.15) is 0 Å². The van der Waals surface area contributed by atoms with E-state index in [0.717, 1.165) is 25.7 Å². The van der Waals surface area contributed by atoms with Crippen molar-refractivity contribution in [1.29, 1.82) is 0 Å². The average Bonchev–Trinajstić information content (AvgIpc) is 2.76. The Morgan fingerprint density at radius 2 is 2.00 bits per heavy atom. The monoisotopic (exact) mass is 291 g/mol. The maximum atomic E-state index is 11.9. The molecule has 4 nitrogen and oxygen atoms in total. The van der Waals surface area contributed by atoms with Gasteiger partial charge in [-0.15, -0.1) is 0 Å². The summed E-state index contributed by atoms with van der Waals surface area (Å²) in [6.45, 7) is 2.51. The molecule has 1 N–H and O–H groups in total. The quantitative estimate of drug-likeness (QED) is 0.791. The Morgan fingerprint density at radius 3 is 2.50 bits per heavy atom. The Hall–Kier alpha value is -0.580. The van der Waals surface area contributed by atoms with Crippen molar-refractivity contribution in [2.24, 2.45) is 5.41 Å². The van der Waals surface area contributed by atoms with Crippen molar-refractivity contribution in [1.82, 2.24) is 5.32 Å². The van der Waals surface area contributed by atoms with Crippen LogP contribution in [0.25, 0.3) is 0 Å². The summed E-state index contributed by atoms with van der Waals surface area (Å²) in [7, 11) is 0. The summed E-state index contributed by atoms with van der Waals surface area (Å²) in [5.74, 6) is 0.182. The van der Waals surface area contributed by atoms with Gasteiger partial charge in [0, 0.05) is 12.0 Å². The van der Waals surface area contributed by atoms with Crippen LogP contribution < -0.4 is 5.32 Å². The van der Waals surface area contributed by atoms with Crippen LogP contribution in [0.5, 0.6) is 0 Å². The number of carbonyl (C=O) groups excluding carboxylic acids is 2. The van der Waals surface area contributed by atoms with Crippen LogP contribution in [-0.4, -0.2) is 30.4 Å². The number of ether oxygens (including phenoxy) is 1. The van der Waals surface area contributed by atoms with E-state index in [-0.39, 0.29) is 11.2 Å². The number of nitrogens with one attached hydrogen (secondary N) is 1. The fourth-order valence-electron chi connectivity index (χ4n) is 2.17. The van der Waals surface area contributed by atoms with Crippen LogP contribution in [0.3, 0.4) is 0 Å². The molecule has 0 spiro atoms. The minimum atomic E-state index is -0.434. The molecule has 1 fully saturated rings. The molecule has 0 radical (unpaired) electrons. The summed E-state index contributed by atoms with van der Waals surface area (Å²) in [6.07, 6.45) is 3.41. The van der Waals surface area contributed by atoms with Crippen molar-refractivity contribution in [3.8, 4) is 0 Å². The van der Waals surface area contributed by atoms with E-state index in [0.29, 0.717) is 18.5 Å². The summed E-state index contributed by atoms with van der Waals surface area (Å²) in [4.78, 5) is 23.1. The van der Waals surface area contributed by atoms with Gasteiger partial charge < -0.3 is 10.1 Å². The Kier molecular flexibility index (Phi) is 5.25. The first-order valence-corrected chi connectivity index (χ1v) is 6.76. The molecule has 1 aliphatic carbocycles. The topological polar surface area (TPSA) is 55.4 Å². The van der Waals surface area contributed by atoms with Gasteiger partial charge in [-0.3, -0.25) is 4.79 Å².